The Morgan fingerprint density at radius 1 is 1.33 bits per heavy atom. The topological polar surface area (TPSA) is 76.9 Å². The zero-order valence-electron chi connectivity index (χ0n) is 20.3. The number of halogens is 1. The van der Waals surface area contributed by atoms with E-state index in [9.17, 15) is 9.59 Å². The molecule has 0 radical (unpaired) electrons. The summed E-state index contributed by atoms with van der Waals surface area (Å²) in [6.07, 6.45) is 6.90. The highest BCUT2D eigenvalue weighted by molar-refractivity contribution is 9.10. The quantitative estimate of drug-likeness (QED) is 0.523. The van der Waals surface area contributed by atoms with Gasteiger partial charge >= 0.3 is 0 Å². The van der Waals surface area contributed by atoms with E-state index >= 15 is 0 Å². The summed E-state index contributed by atoms with van der Waals surface area (Å²) in [7, 11) is 0. The highest BCUT2D eigenvalue weighted by Crippen LogP contribution is 2.61. The number of fused-ring (bicyclic) bond motifs is 2. The van der Waals surface area contributed by atoms with Crippen LogP contribution in [0.5, 0.6) is 0 Å². The summed E-state index contributed by atoms with van der Waals surface area (Å²) in [5.74, 6) is 2.34. The van der Waals surface area contributed by atoms with Gasteiger partial charge in [0.15, 0.2) is 5.78 Å². The summed E-state index contributed by atoms with van der Waals surface area (Å²) in [5, 5.41) is 7.87. The SMILES string of the molecule is CC(C)c1cc(CCC(=O)Cn2ncc(N[C@@H]3C[C@H]4C[C@@H]([C@H]3C)C4(C)C)c(Br)c2=O)ccn1. The number of ketones is 1. The van der Waals surface area contributed by atoms with E-state index in [2.05, 4.69) is 72.0 Å². The molecule has 2 heterocycles. The highest BCUT2D eigenvalue weighted by atomic mass is 79.9. The number of Topliss-reactive ketones (excluding diaryl/α,β-unsaturated/α-hetero) is 1. The second-order valence-corrected chi connectivity index (χ2v) is 11.6. The molecule has 0 saturated heterocycles. The van der Waals surface area contributed by atoms with Crippen molar-refractivity contribution >= 4 is 27.4 Å². The molecule has 3 aliphatic rings. The van der Waals surface area contributed by atoms with Crippen LogP contribution >= 0.6 is 15.9 Å². The van der Waals surface area contributed by atoms with Crippen molar-refractivity contribution in [3.63, 3.8) is 0 Å². The number of aromatic nitrogens is 3. The lowest BCUT2D eigenvalue weighted by molar-refractivity contribution is -0.119. The van der Waals surface area contributed by atoms with Gasteiger partial charge in [-0.1, -0.05) is 34.6 Å². The number of nitrogens with one attached hydrogen (secondary N) is 1. The molecule has 178 valence electrons. The van der Waals surface area contributed by atoms with E-state index in [0.29, 0.717) is 40.6 Å². The molecule has 2 bridgehead atoms. The number of nitrogens with zero attached hydrogens (tertiary/aromatic N) is 3. The van der Waals surface area contributed by atoms with Gasteiger partial charge in [0.05, 0.1) is 11.9 Å². The Hall–Kier alpha value is -2.02. The van der Waals surface area contributed by atoms with Crippen molar-refractivity contribution in [1.29, 1.82) is 0 Å². The highest BCUT2D eigenvalue weighted by Gasteiger charge is 2.56. The maximum Gasteiger partial charge on any atom is 0.283 e. The van der Waals surface area contributed by atoms with E-state index < -0.39 is 0 Å². The number of aryl methyl sites for hydroxylation is 1. The molecule has 3 fully saturated rings. The molecule has 0 spiro atoms. The fraction of sp³-hybridized carbons (Fsp3) is 0.615. The standard InChI is InChI=1S/C26H35BrN4O2/c1-15(2)21-10-17(8-9-28-21)6-7-19(32)14-31-25(33)24(27)23(13-29-31)30-22-12-18-11-20(16(22)3)26(18,4)5/h8-10,13,15-16,18,20,22,30H,6-7,11-12,14H2,1-5H3/t16-,18-,20+,22-/m1/s1. The third-order valence-corrected chi connectivity index (χ3v) is 8.90. The first-order chi connectivity index (χ1) is 15.6. The number of anilines is 1. The minimum absolute atomic E-state index is 0.0108. The first kappa shape index (κ1) is 24.1. The molecule has 0 aromatic carbocycles. The van der Waals surface area contributed by atoms with E-state index in [-0.39, 0.29) is 17.9 Å². The Morgan fingerprint density at radius 3 is 2.76 bits per heavy atom. The van der Waals surface area contributed by atoms with Crippen LogP contribution in [-0.4, -0.2) is 26.6 Å². The molecule has 2 aromatic rings. The lowest BCUT2D eigenvalue weighted by Crippen LogP contribution is -2.58. The van der Waals surface area contributed by atoms with Crippen LogP contribution in [0, 0.1) is 23.2 Å². The normalized spacial score (nSPS) is 25.5. The van der Waals surface area contributed by atoms with Crippen molar-refractivity contribution < 1.29 is 4.79 Å². The molecule has 3 aliphatic carbocycles. The first-order valence-electron chi connectivity index (χ1n) is 12.1. The van der Waals surface area contributed by atoms with Gasteiger partial charge in [0, 0.05) is 24.4 Å². The molecular formula is C26H35BrN4O2. The summed E-state index contributed by atoms with van der Waals surface area (Å²) in [5.41, 5.74) is 2.98. The van der Waals surface area contributed by atoms with Crippen molar-refractivity contribution in [1.82, 2.24) is 14.8 Å². The molecule has 1 N–H and O–H groups in total. The molecule has 7 heteroatoms. The predicted molar refractivity (Wildman–Crippen MR) is 134 cm³/mol. The van der Waals surface area contributed by atoms with Crippen LogP contribution in [0.25, 0.3) is 0 Å². The van der Waals surface area contributed by atoms with E-state index in [1.54, 1.807) is 12.4 Å². The zero-order valence-corrected chi connectivity index (χ0v) is 21.9. The minimum Gasteiger partial charge on any atom is -0.380 e. The number of hydrogen-bond acceptors (Lipinski definition) is 5. The summed E-state index contributed by atoms with van der Waals surface area (Å²) in [6, 6.07) is 4.34. The van der Waals surface area contributed by atoms with Crippen LogP contribution in [0.15, 0.2) is 33.8 Å². The summed E-state index contributed by atoms with van der Waals surface area (Å²) < 4.78 is 1.71. The third-order valence-electron chi connectivity index (χ3n) is 8.14. The van der Waals surface area contributed by atoms with Gasteiger partial charge in [-0.15, -0.1) is 0 Å². The summed E-state index contributed by atoms with van der Waals surface area (Å²) >= 11 is 3.46. The minimum atomic E-state index is -0.270. The monoisotopic (exact) mass is 514 g/mol. The smallest absolute Gasteiger partial charge is 0.283 e. The largest absolute Gasteiger partial charge is 0.380 e. The van der Waals surface area contributed by atoms with Crippen molar-refractivity contribution in [3.05, 3.63) is 50.6 Å². The van der Waals surface area contributed by atoms with Crippen molar-refractivity contribution in [2.75, 3.05) is 5.32 Å². The fourth-order valence-electron chi connectivity index (χ4n) is 5.71. The Balaban J connectivity index is 1.37. The van der Waals surface area contributed by atoms with Gasteiger partial charge in [-0.25, -0.2) is 4.68 Å². The van der Waals surface area contributed by atoms with Crippen LogP contribution in [0.2, 0.25) is 0 Å². The fourth-order valence-corrected chi connectivity index (χ4v) is 6.14. The Kier molecular flexibility index (Phi) is 6.81. The molecule has 0 amide bonds. The molecule has 0 aliphatic heterocycles. The molecule has 6 nitrogen and oxygen atoms in total. The number of rotatable bonds is 8. The van der Waals surface area contributed by atoms with E-state index in [4.69, 9.17) is 0 Å². The van der Waals surface area contributed by atoms with E-state index in [1.165, 1.54) is 11.1 Å². The van der Waals surface area contributed by atoms with Gasteiger partial charge in [0.25, 0.3) is 5.56 Å². The molecule has 0 unspecified atom stereocenters. The lowest BCUT2D eigenvalue weighted by Gasteiger charge is -2.62. The van der Waals surface area contributed by atoms with Gasteiger partial charge in [0.1, 0.15) is 11.0 Å². The number of carbonyl (C=O) groups excluding carboxylic acids is 1. The third kappa shape index (κ3) is 4.79. The second-order valence-electron chi connectivity index (χ2n) is 10.8. The lowest BCUT2D eigenvalue weighted by atomic mass is 9.45. The second kappa shape index (κ2) is 9.32. The van der Waals surface area contributed by atoms with E-state index in [1.807, 2.05) is 6.07 Å². The first-order valence-corrected chi connectivity index (χ1v) is 12.9. The average Bonchev–Trinajstić information content (AvgIpc) is 2.78. The molecule has 4 atom stereocenters. The van der Waals surface area contributed by atoms with E-state index in [0.717, 1.165) is 35.2 Å². The molecule has 3 saturated carbocycles. The number of hydrogen-bond donors (Lipinski definition) is 1. The van der Waals surface area contributed by atoms with Gasteiger partial charge in [0.2, 0.25) is 0 Å². The molecule has 2 aromatic heterocycles. The van der Waals surface area contributed by atoms with Gasteiger partial charge < -0.3 is 5.32 Å². The maximum absolute atomic E-state index is 12.9. The molecule has 5 rings (SSSR count). The van der Waals surface area contributed by atoms with Crippen molar-refractivity contribution in [2.24, 2.45) is 23.2 Å². The Morgan fingerprint density at radius 2 is 2.09 bits per heavy atom. The Labute approximate surface area is 204 Å². The van der Waals surface area contributed by atoms with Crippen LogP contribution in [0.3, 0.4) is 0 Å². The van der Waals surface area contributed by atoms with Crippen LogP contribution in [0.1, 0.15) is 71.1 Å². The summed E-state index contributed by atoms with van der Waals surface area (Å²) in [6.45, 7) is 11.3. The van der Waals surface area contributed by atoms with Crippen LogP contribution in [-0.2, 0) is 17.8 Å². The average molecular weight is 515 g/mol. The predicted octanol–water partition coefficient (Wildman–Crippen LogP) is 5.21. The molecule has 33 heavy (non-hydrogen) atoms. The number of pyridine rings is 1. The van der Waals surface area contributed by atoms with Crippen LogP contribution in [0.4, 0.5) is 5.69 Å². The molecular weight excluding hydrogens is 480 g/mol. The Bertz CT molecular complexity index is 1090. The van der Waals surface area contributed by atoms with Crippen molar-refractivity contribution in [3.8, 4) is 0 Å². The van der Waals surface area contributed by atoms with Gasteiger partial charge in [-0.05, 0) is 82.0 Å². The van der Waals surface area contributed by atoms with Crippen molar-refractivity contribution in [2.45, 2.75) is 78.8 Å². The van der Waals surface area contributed by atoms with Crippen LogP contribution < -0.4 is 10.9 Å². The zero-order chi connectivity index (χ0) is 23.9. The van der Waals surface area contributed by atoms with Gasteiger partial charge in [-0.2, -0.15) is 5.10 Å². The van der Waals surface area contributed by atoms with Gasteiger partial charge in [-0.3, -0.25) is 14.6 Å². The number of carbonyl (C=O) groups is 1. The maximum atomic E-state index is 12.9. The summed E-state index contributed by atoms with van der Waals surface area (Å²) in [4.78, 5) is 29.8.